The van der Waals surface area contributed by atoms with Gasteiger partial charge in [-0.3, -0.25) is 4.90 Å². The number of piperidine rings is 1. The lowest BCUT2D eigenvalue weighted by molar-refractivity contribution is 0.172. The molecule has 0 bridgehead atoms. The van der Waals surface area contributed by atoms with Crippen LogP contribution in [0.15, 0.2) is 24.3 Å². The first-order valence-electron chi connectivity index (χ1n) is 6.86. The van der Waals surface area contributed by atoms with Crippen LogP contribution in [0.5, 0.6) is 0 Å². The second-order valence-corrected chi connectivity index (χ2v) is 6.83. The van der Waals surface area contributed by atoms with Crippen molar-refractivity contribution >= 4 is 45.4 Å². The van der Waals surface area contributed by atoms with E-state index in [2.05, 4.69) is 29.2 Å². The maximum atomic E-state index is 6.51. The lowest BCUT2D eigenvalue weighted by atomic mass is 9.98. The first kappa shape index (κ1) is 16.1. The molecule has 0 spiro atoms. The molecule has 2 heterocycles. The molecule has 0 amide bonds. The Kier molecular flexibility index (Phi) is 5.70. The van der Waals surface area contributed by atoms with E-state index < -0.39 is 0 Å². The van der Waals surface area contributed by atoms with E-state index in [1.165, 1.54) is 34.3 Å². The summed E-state index contributed by atoms with van der Waals surface area (Å²) in [5.74, 6) is 0.655. The van der Waals surface area contributed by atoms with Gasteiger partial charge in [-0.25, -0.2) is 0 Å². The minimum absolute atomic E-state index is 0. The SMILES string of the molecule is Cl.NCC1CCCN(Cc2sc3ccccc3c2Cl)C1. The third-order valence-corrected chi connectivity index (χ3v) is 5.60. The van der Waals surface area contributed by atoms with Crippen molar-refractivity contribution in [1.82, 2.24) is 4.90 Å². The fourth-order valence-electron chi connectivity index (χ4n) is 2.86. The third kappa shape index (κ3) is 3.29. The quantitative estimate of drug-likeness (QED) is 0.916. The first-order valence-corrected chi connectivity index (χ1v) is 8.05. The normalized spacial score (nSPS) is 20.0. The molecule has 1 aromatic heterocycles. The van der Waals surface area contributed by atoms with Crippen LogP contribution in [0.1, 0.15) is 17.7 Å². The van der Waals surface area contributed by atoms with Gasteiger partial charge in [0.15, 0.2) is 0 Å². The van der Waals surface area contributed by atoms with Gasteiger partial charge < -0.3 is 5.73 Å². The van der Waals surface area contributed by atoms with Gasteiger partial charge in [0.2, 0.25) is 0 Å². The van der Waals surface area contributed by atoms with Gasteiger partial charge in [-0.05, 0) is 37.9 Å². The van der Waals surface area contributed by atoms with E-state index in [1.807, 2.05) is 11.3 Å². The highest BCUT2D eigenvalue weighted by Crippen LogP contribution is 2.36. The molecule has 1 aliphatic heterocycles. The zero-order chi connectivity index (χ0) is 13.2. The molecule has 1 unspecified atom stereocenters. The van der Waals surface area contributed by atoms with Gasteiger partial charge in [0.1, 0.15) is 0 Å². The molecular weight excluding hydrogens is 311 g/mol. The summed E-state index contributed by atoms with van der Waals surface area (Å²) in [6.07, 6.45) is 2.53. The van der Waals surface area contributed by atoms with Crippen molar-refractivity contribution in [2.24, 2.45) is 11.7 Å². The summed E-state index contributed by atoms with van der Waals surface area (Å²) < 4.78 is 1.29. The zero-order valence-electron chi connectivity index (χ0n) is 11.3. The van der Waals surface area contributed by atoms with Crippen molar-refractivity contribution < 1.29 is 0 Å². The number of fused-ring (bicyclic) bond motifs is 1. The van der Waals surface area contributed by atoms with E-state index in [0.29, 0.717) is 5.92 Å². The average Bonchev–Trinajstić information content (AvgIpc) is 2.76. The standard InChI is InChI=1S/C15H19ClN2S.ClH/c16-15-12-5-1-2-6-13(12)19-14(15)10-18-7-3-4-11(8-17)9-18;/h1-2,5-6,11H,3-4,7-10,17H2;1H. The molecule has 1 aliphatic rings. The maximum absolute atomic E-state index is 6.51. The lowest BCUT2D eigenvalue weighted by Crippen LogP contribution is -2.37. The number of likely N-dealkylation sites (tertiary alicyclic amines) is 1. The van der Waals surface area contributed by atoms with E-state index >= 15 is 0 Å². The summed E-state index contributed by atoms with van der Waals surface area (Å²) in [5.41, 5.74) is 5.80. The van der Waals surface area contributed by atoms with E-state index in [1.54, 1.807) is 0 Å². The topological polar surface area (TPSA) is 29.3 Å². The zero-order valence-corrected chi connectivity index (χ0v) is 13.7. The summed E-state index contributed by atoms with van der Waals surface area (Å²) in [7, 11) is 0. The van der Waals surface area contributed by atoms with Crippen LogP contribution in [0.25, 0.3) is 10.1 Å². The molecule has 1 saturated heterocycles. The molecule has 2 N–H and O–H groups in total. The molecule has 0 radical (unpaired) electrons. The van der Waals surface area contributed by atoms with E-state index in [0.717, 1.165) is 24.7 Å². The fourth-order valence-corrected chi connectivity index (χ4v) is 4.39. The highest BCUT2D eigenvalue weighted by atomic mass is 35.5. The average molecular weight is 331 g/mol. The minimum atomic E-state index is 0. The molecule has 1 atom stereocenters. The van der Waals surface area contributed by atoms with Crippen molar-refractivity contribution in [3.05, 3.63) is 34.2 Å². The Hall–Kier alpha value is -0.320. The molecule has 5 heteroatoms. The Morgan fingerprint density at radius 3 is 2.90 bits per heavy atom. The molecule has 110 valence electrons. The molecule has 2 nitrogen and oxygen atoms in total. The van der Waals surface area contributed by atoms with Crippen LogP contribution in [0.3, 0.4) is 0 Å². The van der Waals surface area contributed by atoms with Gasteiger partial charge in [0.05, 0.1) is 5.02 Å². The van der Waals surface area contributed by atoms with Crippen LogP contribution >= 0.6 is 35.3 Å². The summed E-state index contributed by atoms with van der Waals surface area (Å²) >= 11 is 8.33. The molecule has 2 aromatic rings. The number of hydrogen-bond acceptors (Lipinski definition) is 3. The summed E-state index contributed by atoms with van der Waals surface area (Å²) in [6.45, 7) is 4.05. The molecule has 0 aliphatic carbocycles. The van der Waals surface area contributed by atoms with Crippen LogP contribution in [0.4, 0.5) is 0 Å². The highest BCUT2D eigenvalue weighted by molar-refractivity contribution is 7.19. The monoisotopic (exact) mass is 330 g/mol. The molecule has 3 rings (SSSR count). The van der Waals surface area contributed by atoms with Crippen molar-refractivity contribution in [1.29, 1.82) is 0 Å². The van der Waals surface area contributed by atoms with Gasteiger partial charge in [0.25, 0.3) is 0 Å². The first-order chi connectivity index (χ1) is 9.28. The Labute approximate surface area is 135 Å². The minimum Gasteiger partial charge on any atom is -0.330 e. The number of hydrogen-bond donors (Lipinski definition) is 1. The second kappa shape index (κ2) is 7.10. The predicted octanol–water partition coefficient (Wildman–Crippen LogP) is 4.15. The lowest BCUT2D eigenvalue weighted by Gasteiger charge is -2.31. The van der Waals surface area contributed by atoms with Gasteiger partial charge >= 0.3 is 0 Å². The Morgan fingerprint density at radius 2 is 2.15 bits per heavy atom. The smallest absolute Gasteiger partial charge is 0.0637 e. The third-order valence-electron chi connectivity index (χ3n) is 3.91. The number of halogens is 2. The molecule has 20 heavy (non-hydrogen) atoms. The fraction of sp³-hybridized carbons (Fsp3) is 0.467. The van der Waals surface area contributed by atoms with Crippen molar-refractivity contribution in [3.63, 3.8) is 0 Å². The van der Waals surface area contributed by atoms with Crippen molar-refractivity contribution in [3.8, 4) is 0 Å². The summed E-state index contributed by atoms with van der Waals surface area (Å²) in [4.78, 5) is 3.79. The van der Waals surface area contributed by atoms with E-state index in [-0.39, 0.29) is 12.4 Å². The Balaban J connectivity index is 0.00000147. The molecule has 1 fully saturated rings. The summed E-state index contributed by atoms with van der Waals surface area (Å²) in [6, 6.07) is 8.38. The number of rotatable bonds is 3. The van der Waals surface area contributed by atoms with E-state index in [4.69, 9.17) is 17.3 Å². The molecule has 1 aromatic carbocycles. The van der Waals surface area contributed by atoms with Crippen LogP contribution in [-0.2, 0) is 6.54 Å². The van der Waals surface area contributed by atoms with Crippen LogP contribution in [0, 0.1) is 5.92 Å². The Bertz CT molecular complexity index is 570. The molecule has 0 saturated carbocycles. The predicted molar refractivity (Wildman–Crippen MR) is 91.1 cm³/mol. The van der Waals surface area contributed by atoms with Crippen LogP contribution < -0.4 is 5.73 Å². The van der Waals surface area contributed by atoms with Gasteiger partial charge in [-0.15, -0.1) is 23.7 Å². The number of benzene rings is 1. The van der Waals surface area contributed by atoms with Gasteiger partial charge in [-0.2, -0.15) is 0 Å². The van der Waals surface area contributed by atoms with Crippen molar-refractivity contribution in [2.45, 2.75) is 19.4 Å². The van der Waals surface area contributed by atoms with Gasteiger partial charge in [-0.1, -0.05) is 29.8 Å². The Morgan fingerprint density at radius 1 is 1.35 bits per heavy atom. The number of nitrogens with zero attached hydrogens (tertiary/aromatic N) is 1. The highest BCUT2D eigenvalue weighted by Gasteiger charge is 2.20. The van der Waals surface area contributed by atoms with Crippen LogP contribution in [0.2, 0.25) is 5.02 Å². The molecular formula is C15H20Cl2N2S. The van der Waals surface area contributed by atoms with Crippen LogP contribution in [-0.4, -0.2) is 24.5 Å². The summed E-state index contributed by atoms with van der Waals surface area (Å²) in [5, 5.41) is 2.13. The number of nitrogens with two attached hydrogens (primary N) is 1. The van der Waals surface area contributed by atoms with Crippen molar-refractivity contribution in [2.75, 3.05) is 19.6 Å². The second-order valence-electron chi connectivity index (χ2n) is 5.31. The van der Waals surface area contributed by atoms with Gasteiger partial charge in [0, 0.05) is 28.1 Å². The van der Waals surface area contributed by atoms with E-state index in [9.17, 15) is 0 Å². The number of thiophene rings is 1. The largest absolute Gasteiger partial charge is 0.330 e. The maximum Gasteiger partial charge on any atom is 0.0637 e.